The van der Waals surface area contributed by atoms with Crippen LogP contribution in [-0.2, 0) is 0 Å². The van der Waals surface area contributed by atoms with Gasteiger partial charge in [0.1, 0.15) is 0 Å². The Morgan fingerprint density at radius 2 is 2.07 bits per heavy atom. The molecular weight excluding hydrogens is 202 g/mol. The zero-order valence-corrected chi connectivity index (χ0v) is 10.4. The van der Waals surface area contributed by atoms with Gasteiger partial charge in [0.25, 0.3) is 0 Å². The molecule has 1 aliphatic carbocycles. The smallest absolute Gasteiger partial charge is 0.0106 e. The summed E-state index contributed by atoms with van der Waals surface area (Å²) in [7, 11) is 0. The van der Waals surface area contributed by atoms with Gasteiger partial charge in [0.2, 0.25) is 0 Å². The molecular formula is C13H19NS. The minimum absolute atomic E-state index is 0.838. The van der Waals surface area contributed by atoms with Gasteiger partial charge in [0.05, 0.1) is 0 Å². The molecule has 1 nitrogen and oxygen atoms in total. The van der Waals surface area contributed by atoms with Gasteiger partial charge >= 0.3 is 0 Å². The van der Waals surface area contributed by atoms with Crippen LogP contribution in [0.15, 0.2) is 23.1 Å². The average Bonchev–Trinajstić information content (AvgIpc) is 3.02. The van der Waals surface area contributed by atoms with Crippen molar-refractivity contribution in [1.29, 1.82) is 0 Å². The van der Waals surface area contributed by atoms with Gasteiger partial charge in [0.15, 0.2) is 0 Å². The molecule has 0 unspecified atom stereocenters. The third-order valence-corrected chi connectivity index (χ3v) is 3.86. The lowest BCUT2D eigenvalue weighted by Gasteiger charge is -2.05. The minimum atomic E-state index is 0.838. The maximum Gasteiger partial charge on any atom is 0.0106 e. The molecule has 1 aliphatic rings. The molecule has 0 amide bonds. The Hall–Kier alpha value is -0.470. The number of nitrogens with one attached hydrogen (secondary N) is 1. The summed E-state index contributed by atoms with van der Waals surface area (Å²) in [5, 5.41) is 3.53. The van der Waals surface area contributed by atoms with Gasteiger partial charge in [-0.2, -0.15) is 0 Å². The first-order valence-corrected chi connectivity index (χ1v) is 6.68. The van der Waals surface area contributed by atoms with Crippen LogP contribution in [-0.4, -0.2) is 18.3 Å². The minimum Gasteiger partial charge on any atom is -0.313 e. The summed E-state index contributed by atoms with van der Waals surface area (Å²) in [6, 6.07) is 7.57. The van der Waals surface area contributed by atoms with Crippen molar-refractivity contribution in [3.8, 4) is 0 Å². The quantitative estimate of drug-likeness (QED) is 0.605. The Morgan fingerprint density at radius 1 is 1.27 bits per heavy atom. The van der Waals surface area contributed by atoms with Gasteiger partial charge in [-0.15, -0.1) is 11.8 Å². The molecule has 2 heteroatoms. The van der Waals surface area contributed by atoms with Gasteiger partial charge in [-0.25, -0.2) is 0 Å². The molecule has 1 aromatic rings. The van der Waals surface area contributed by atoms with Gasteiger partial charge in [-0.1, -0.05) is 6.07 Å². The van der Waals surface area contributed by atoms with E-state index in [1.807, 2.05) is 11.8 Å². The predicted molar refractivity (Wildman–Crippen MR) is 67.7 cm³/mol. The van der Waals surface area contributed by atoms with E-state index in [1.165, 1.54) is 34.6 Å². The second kappa shape index (κ2) is 5.04. The van der Waals surface area contributed by atoms with E-state index in [1.54, 1.807) is 0 Å². The maximum absolute atomic E-state index is 3.53. The van der Waals surface area contributed by atoms with Crippen LogP contribution in [0.4, 0.5) is 0 Å². The number of hydrogen-bond donors (Lipinski definition) is 1. The Morgan fingerprint density at radius 3 is 2.73 bits per heavy atom. The first-order valence-electron chi connectivity index (χ1n) is 5.69. The number of rotatable bonds is 5. The second-order valence-corrected chi connectivity index (χ2v) is 5.49. The fraction of sp³-hybridized carbons (Fsp3) is 0.538. The van der Waals surface area contributed by atoms with E-state index >= 15 is 0 Å². The normalized spacial score (nSPS) is 15.6. The zero-order chi connectivity index (χ0) is 10.7. The molecule has 0 radical (unpaired) electrons. The lowest BCUT2D eigenvalue weighted by atomic mass is 10.1. The van der Waals surface area contributed by atoms with Crippen LogP contribution >= 0.6 is 11.8 Å². The van der Waals surface area contributed by atoms with E-state index < -0.39 is 0 Å². The van der Waals surface area contributed by atoms with Crippen molar-refractivity contribution in [3.63, 3.8) is 0 Å². The van der Waals surface area contributed by atoms with E-state index in [0.29, 0.717) is 0 Å². The molecule has 0 aromatic heterocycles. The average molecular weight is 221 g/mol. The summed E-state index contributed by atoms with van der Waals surface area (Å²) < 4.78 is 0. The van der Waals surface area contributed by atoms with Crippen molar-refractivity contribution < 1.29 is 0 Å². The fourth-order valence-corrected chi connectivity index (χ4v) is 2.40. The molecule has 0 bridgehead atoms. The van der Waals surface area contributed by atoms with E-state index in [2.05, 4.69) is 37.4 Å². The predicted octanol–water partition coefficient (Wildman–Crippen LogP) is 3.15. The molecule has 0 spiro atoms. The summed E-state index contributed by atoms with van der Waals surface area (Å²) in [6.45, 7) is 5.49. The van der Waals surface area contributed by atoms with Crippen molar-refractivity contribution in [3.05, 3.63) is 29.3 Å². The molecule has 0 heterocycles. The van der Waals surface area contributed by atoms with Gasteiger partial charge in [0, 0.05) is 23.2 Å². The number of hydrogen-bond acceptors (Lipinski definition) is 2. The van der Waals surface area contributed by atoms with Crippen molar-refractivity contribution in [2.45, 2.75) is 37.6 Å². The molecule has 1 fully saturated rings. The topological polar surface area (TPSA) is 12.0 Å². The molecule has 0 atom stereocenters. The third-order valence-electron chi connectivity index (χ3n) is 2.86. The van der Waals surface area contributed by atoms with Crippen LogP contribution < -0.4 is 5.32 Å². The lowest BCUT2D eigenvalue weighted by molar-refractivity contribution is 0.726. The van der Waals surface area contributed by atoms with Gasteiger partial charge < -0.3 is 5.32 Å². The first kappa shape index (κ1) is 11.0. The Labute approximate surface area is 96.7 Å². The molecule has 1 saturated carbocycles. The van der Waals surface area contributed by atoms with Crippen molar-refractivity contribution in [2.75, 3.05) is 12.3 Å². The standard InChI is InChI=1S/C13H19NS/c1-10-3-6-13(9-11(10)2)15-8-7-14-12-4-5-12/h3,6,9,12,14H,4-5,7-8H2,1-2H3. The summed E-state index contributed by atoms with van der Waals surface area (Å²) in [5.41, 5.74) is 2.78. The van der Waals surface area contributed by atoms with E-state index in [0.717, 1.165) is 12.6 Å². The first-order chi connectivity index (χ1) is 7.25. The summed E-state index contributed by atoms with van der Waals surface area (Å²) in [4.78, 5) is 1.40. The van der Waals surface area contributed by atoms with Crippen LogP contribution in [0, 0.1) is 13.8 Å². The molecule has 1 aromatic carbocycles. The largest absolute Gasteiger partial charge is 0.313 e. The van der Waals surface area contributed by atoms with Gasteiger partial charge in [-0.3, -0.25) is 0 Å². The second-order valence-electron chi connectivity index (χ2n) is 4.32. The third kappa shape index (κ3) is 3.54. The van der Waals surface area contributed by atoms with Crippen molar-refractivity contribution in [1.82, 2.24) is 5.32 Å². The summed E-state index contributed by atoms with van der Waals surface area (Å²) in [5.74, 6) is 1.18. The molecule has 82 valence electrons. The SMILES string of the molecule is Cc1ccc(SCCNC2CC2)cc1C. The maximum atomic E-state index is 3.53. The van der Waals surface area contributed by atoms with Crippen LogP contribution in [0.3, 0.4) is 0 Å². The highest BCUT2D eigenvalue weighted by atomic mass is 32.2. The Balaban J connectivity index is 1.74. The summed E-state index contributed by atoms with van der Waals surface area (Å²) in [6.07, 6.45) is 2.77. The highest BCUT2D eigenvalue weighted by molar-refractivity contribution is 7.99. The molecule has 0 saturated heterocycles. The van der Waals surface area contributed by atoms with Crippen LogP contribution in [0.1, 0.15) is 24.0 Å². The molecule has 2 rings (SSSR count). The zero-order valence-electron chi connectivity index (χ0n) is 9.55. The van der Waals surface area contributed by atoms with Crippen LogP contribution in [0.5, 0.6) is 0 Å². The summed E-state index contributed by atoms with van der Waals surface area (Å²) >= 11 is 1.95. The van der Waals surface area contributed by atoms with Crippen molar-refractivity contribution in [2.24, 2.45) is 0 Å². The van der Waals surface area contributed by atoms with E-state index in [4.69, 9.17) is 0 Å². The number of benzene rings is 1. The monoisotopic (exact) mass is 221 g/mol. The molecule has 15 heavy (non-hydrogen) atoms. The molecule has 1 N–H and O–H groups in total. The van der Waals surface area contributed by atoms with Crippen LogP contribution in [0.25, 0.3) is 0 Å². The lowest BCUT2D eigenvalue weighted by Crippen LogP contribution is -2.18. The highest BCUT2D eigenvalue weighted by Crippen LogP contribution is 2.22. The van der Waals surface area contributed by atoms with Crippen LogP contribution in [0.2, 0.25) is 0 Å². The van der Waals surface area contributed by atoms with E-state index in [-0.39, 0.29) is 0 Å². The fourth-order valence-electron chi connectivity index (χ4n) is 1.52. The Bertz CT molecular complexity index is 331. The highest BCUT2D eigenvalue weighted by Gasteiger charge is 2.19. The number of aryl methyl sites for hydroxylation is 2. The Kier molecular flexibility index (Phi) is 3.71. The van der Waals surface area contributed by atoms with Crippen molar-refractivity contribution >= 4 is 11.8 Å². The molecule has 0 aliphatic heterocycles. The van der Waals surface area contributed by atoms with E-state index in [9.17, 15) is 0 Å². The van der Waals surface area contributed by atoms with Gasteiger partial charge in [-0.05, 0) is 49.9 Å². The number of thioether (sulfide) groups is 1.